The minimum absolute atomic E-state index is 0.0541. The van der Waals surface area contributed by atoms with E-state index in [1.807, 2.05) is 67.6 Å². The van der Waals surface area contributed by atoms with Crippen molar-refractivity contribution in [1.82, 2.24) is 15.1 Å². The fraction of sp³-hybridized carbons (Fsp3) is 0.487. The Morgan fingerprint density at radius 2 is 1.84 bits per heavy atom. The summed E-state index contributed by atoms with van der Waals surface area (Å²) in [5.74, 6) is -3.38. The van der Waals surface area contributed by atoms with Gasteiger partial charge in [0.2, 0.25) is 17.7 Å². The molecule has 0 saturated carbocycles. The lowest BCUT2D eigenvalue weighted by atomic mass is 9.70. The van der Waals surface area contributed by atoms with E-state index < -0.39 is 47.7 Å². The van der Waals surface area contributed by atoms with Gasteiger partial charge in [-0.25, -0.2) is 0 Å². The summed E-state index contributed by atoms with van der Waals surface area (Å²) in [7, 11) is 0. The molecule has 1 spiro atoms. The summed E-state index contributed by atoms with van der Waals surface area (Å²) in [6.45, 7) is 10.0. The van der Waals surface area contributed by atoms with Crippen molar-refractivity contribution in [1.29, 1.82) is 0 Å². The van der Waals surface area contributed by atoms with Crippen LogP contribution in [-0.2, 0) is 35.1 Å². The van der Waals surface area contributed by atoms with Crippen molar-refractivity contribution in [2.45, 2.75) is 81.8 Å². The zero-order valence-corrected chi connectivity index (χ0v) is 28.4. The molecule has 2 bridgehead atoms. The molecule has 3 heterocycles. The van der Waals surface area contributed by atoms with E-state index >= 15 is 0 Å². The molecule has 10 heteroatoms. The maximum Gasteiger partial charge on any atom is 0.313 e. The predicted octanol–water partition coefficient (Wildman–Crippen LogP) is 4.15. The Kier molecular flexibility index (Phi) is 12.1. The number of amides is 3. The van der Waals surface area contributed by atoms with Gasteiger partial charge in [0.25, 0.3) is 0 Å². The lowest BCUT2D eigenvalue weighted by Gasteiger charge is -2.39. The number of aliphatic hydroxyl groups excluding tert-OH is 1. The number of nitrogens with one attached hydrogen (secondary N) is 1. The van der Waals surface area contributed by atoms with Crippen molar-refractivity contribution in [2.24, 2.45) is 11.8 Å². The number of esters is 1. The van der Waals surface area contributed by atoms with Crippen LogP contribution in [0.25, 0.3) is 0 Å². The number of hydrogen-bond acceptors (Lipinski definition) is 7. The Hall–Kier alpha value is -4.28. The van der Waals surface area contributed by atoms with Gasteiger partial charge in [-0.1, -0.05) is 86.2 Å². The van der Waals surface area contributed by atoms with Crippen LogP contribution in [0.15, 0.2) is 86.0 Å². The van der Waals surface area contributed by atoms with Gasteiger partial charge < -0.3 is 29.7 Å². The number of fused-ring (bicyclic) bond motifs is 1. The molecule has 0 radical (unpaired) electrons. The van der Waals surface area contributed by atoms with Crippen molar-refractivity contribution < 1.29 is 33.8 Å². The largest absolute Gasteiger partial charge is 0.455 e. The number of likely N-dealkylation sites (tertiary alicyclic amines) is 1. The van der Waals surface area contributed by atoms with E-state index in [1.54, 1.807) is 17.1 Å². The lowest BCUT2D eigenvalue weighted by molar-refractivity contribution is -0.161. The van der Waals surface area contributed by atoms with Crippen molar-refractivity contribution in [2.75, 3.05) is 26.2 Å². The van der Waals surface area contributed by atoms with Gasteiger partial charge in [-0.15, -0.1) is 13.2 Å². The standard InChI is InChI=1S/C39H49N3O7/c1-4-7-19-32(44)40-25-31(28-17-13-10-14-18-28)48-38(47)33-30-20-21-39(49-30)34(33)36(45)42(29(26-43)24-27-15-11-9-12-16-27)35(39)37(46)41(22-6-3)23-8-5-2/h4,6,9-18,29-31,33-35,43H,1,3,5,7-8,19-26H2,2H3,(H,40,44)/t29-,30-,31-,33+,34+,35-,39+/m1/s1. The fourth-order valence-electron chi connectivity index (χ4n) is 7.78. The molecule has 10 nitrogen and oxygen atoms in total. The highest BCUT2D eigenvalue weighted by Crippen LogP contribution is 2.59. The molecule has 7 atom stereocenters. The number of rotatable bonds is 18. The summed E-state index contributed by atoms with van der Waals surface area (Å²) in [4.78, 5) is 59.3. The number of unbranched alkanes of at least 4 members (excludes halogenated alkanes) is 1. The summed E-state index contributed by atoms with van der Waals surface area (Å²) in [5.41, 5.74) is 0.357. The van der Waals surface area contributed by atoms with E-state index in [9.17, 15) is 24.3 Å². The minimum atomic E-state index is -1.25. The summed E-state index contributed by atoms with van der Waals surface area (Å²) in [6.07, 6.45) is 5.58. The molecule has 5 rings (SSSR count). The molecule has 49 heavy (non-hydrogen) atoms. The van der Waals surface area contributed by atoms with Crippen LogP contribution in [0.2, 0.25) is 0 Å². The predicted molar refractivity (Wildman–Crippen MR) is 185 cm³/mol. The fourth-order valence-corrected chi connectivity index (χ4v) is 7.78. The number of benzene rings is 2. The average molecular weight is 672 g/mol. The van der Waals surface area contributed by atoms with Crippen molar-refractivity contribution in [3.05, 3.63) is 97.1 Å². The molecule has 3 aliphatic rings. The Morgan fingerprint density at radius 1 is 1.12 bits per heavy atom. The number of ether oxygens (including phenoxy) is 2. The van der Waals surface area contributed by atoms with Crippen LogP contribution in [0.1, 0.15) is 62.7 Å². The second kappa shape index (κ2) is 16.4. The van der Waals surface area contributed by atoms with Crippen molar-refractivity contribution in [3.63, 3.8) is 0 Å². The van der Waals surface area contributed by atoms with Crippen LogP contribution < -0.4 is 5.32 Å². The smallest absolute Gasteiger partial charge is 0.313 e. The van der Waals surface area contributed by atoms with Crippen LogP contribution in [0.5, 0.6) is 0 Å². The third-order valence-corrected chi connectivity index (χ3v) is 10.1. The summed E-state index contributed by atoms with van der Waals surface area (Å²) in [5, 5.41) is 13.6. The average Bonchev–Trinajstić information content (AvgIpc) is 3.77. The van der Waals surface area contributed by atoms with Crippen LogP contribution in [0.3, 0.4) is 0 Å². The molecule has 3 aliphatic heterocycles. The van der Waals surface area contributed by atoms with Crippen LogP contribution in [0.4, 0.5) is 0 Å². The number of hydrogen-bond donors (Lipinski definition) is 2. The maximum atomic E-state index is 14.7. The molecule has 0 aliphatic carbocycles. The first-order valence-electron chi connectivity index (χ1n) is 17.5. The van der Waals surface area contributed by atoms with E-state index in [1.165, 1.54) is 4.90 Å². The number of allylic oxidation sites excluding steroid dienone is 1. The first kappa shape index (κ1) is 36.0. The number of aliphatic hydroxyl groups is 1. The van der Waals surface area contributed by atoms with E-state index in [2.05, 4.69) is 18.5 Å². The Labute approximate surface area is 289 Å². The van der Waals surface area contributed by atoms with Crippen molar-refractivity contribution in [3.8, 4) is 0 Å². The first-order valence-corrected chi connectivity index (χ1v) is 17.5. The SMILES string of the molecule is C=CCCC(=O)NC[C@@H](OC(=O)[C@@H]1[C@H]2C(=O)N([C@@H](CO)Cc3ccccc3)[C@H](C(=O)N(CC=C)CCCC)[C@]23CC[C@H]1O3)c1ccccc1. The second-order valence-electron chi connectivity index (χ2n) is 13.2. The van der Waals surface area contributed by atoms with E-state index in [0.29, 0.717) is 44.3 Å². The van der Waals surface area contributed by atoms with Gasteiger partial charge in [0, 0.05) is 19.5 Å². The van der Waals surface area contributed by atoms with Crippen LogP contribution >= 0.6 is 0 Å². The highest BCUT2D eigenvalue weighted by molar-refractivity contribution is 5.98. The third-order valence-electron chi connectivity index (χ3n) is 10.1. The summed E-state index contributed by atoms with van der Waals surface area (Å²) in [6, 6.07) is 16.9. The Morgan fingerprint density at radius 3 is 2.49 bits per heavy atom. The normalized spacial score (nSPS) is 24.9. The van der Waals surface area contributed by atoms with Crippen LogP contribution in [-0.4, -0.2) is 88.6 Å². The van der Waals surface area contributed by atoms with Gasteiger partial charge in [0.05, 0.1) is 37.1 Å². The van der Waals surface area contributed by atoms with Gasteiger partial charge in [-0.2, -0.15) is 0 Å². The van der Waals surface area contributed by atoms with E-state index in [-0.39, 0.29) is 37.3 Å². The molecule has 0 unspecified atom stereocenters. The van der Waals surface area contributed by atoms with Gasteiger partial charge in [-0.3, -0.25) is 19.2 Å². The van der Waals surface area contributed by atoms with Gasteiger partial charge in [0.1, 0.15) is 17.7 Å². The van der Waals surface area contributed by atoms with Gasteiger partial charge >= 0.3 is 5.97 Å². The lowest BCUT2D eigenvalue weighted by Crippen LogP contribution is -2.59. The number of carbonyl (C=O) groups excluding carboxylic acids is 4. The minimum Gasteiger partial charge on any atom is -0.455 e. The maximum absolute atomic E-state index is 14.7. The molecule has 3 amide bonds. The van der Waals surface area contributed by atoms with Gasteiger partial charge in [0.15, 0.2) is 0 Å². The molecular weight excluding hydrogens is 622 g/mol. The van der Waals surface area contributed by atoms with E-state index in [0.717, 1.165) is 18.4 Å². The Bertz CT molecular complexity index is 1480. The highest BCUT2D eigenvalue weighted by atomic mass is 16.6. The molecule has 0 aromatic heterocycles. The molecular formula is C39H49N3O7. The Balaban J connectivity index is 1.48. The highest BCUT2D eigenvalue weighted by Gasteiger charge is 2.75. The molecule has 262 valence electrons. The summed E-state index contributed by atoms with van der Waals surface area (Å²) >= 11 is 0. The topological polar surface area (TPSA) is 125 Å². The molecule has 2 N–H and O–H groups in total. The number of carbonyl (C=O) groups is 4. The van der Waals surface area contributed by atoms with Crippen molar-refractivity contribution >= 4 is 23.7 Å². The zero-order valence-electron chi connectivity index (χ0n) is 28.4. The first-order chi connectivity index (χ1) is 23.8. The molecule has 3 fully saturated rings. The quantitative estimate of drug-likeness (QED) is 0.180. The summed E-state index contributed by atoms with van der Waals surface area (Å²) < 4.78 is 12.8. The van der Waals surface area contributed by atoms with Gasteiger partial charge in [-0.05, 0) is 43.2 Å². The molecule has 2 aromatic carbocycles. The molecule has 2 aromatic rings. The second-order valence-corrected chi connectivity index (χ2v) is 13.2. The van der Waals surface area contributed by atoms with E-state index in [4.69, 9.17) is 9.47 Å². The molecule has 3 saturated heterocycles. The number of nitrogens with zero attached hydrogens (tertiary/aromatic N) is 2. The monoisotopic (exact) mass is 671 g/mol. The zero-order chi connectivity index (χ0) is 35.0. The third kappa shape index (κ3) is 7.50. The van der Waals surface area contributed by atoms with Crippen LogP contribution in [0, 0.1) is 11.8 Å².